The molecule has 0 unspecified atom stereocenters. The molecule has 7 heteroatoms. The molecule has 2 aromatic carbocycles. The highest BCUT2D eigenvalue weighted by Crippen LogP contribution is 2.19. The van der Waals surface area contributed by atoms with E-state index >= 15 is 0 Å². The zero-order valence-electron chi connectivity index (χ0n) is 15.5. The number of methoxy groups -OCH3 is 1. The summed E-state index contributed by atoms with van der Waals surface area (Å²) in [6, 6.07) is 13.2. The Morgan fingerprint density at radius 1 is 1.04 bits per heavy atom. The molecule has 1 fully saturated rings. The summed E-state index contributed by atoms with van der Waals surface area (Å²) in [6.45, 7) is 3.23. The lowest BCUT2D eigenvalue weighted by molar-refractivity contribution is 0.0350. The fourth-order valence-electron chi connectivity index (χ4n) is 3.09. The predicted octanol–water partition coefficient (Wildman–Crippen LogP) is 3.05. The molecule has 0 saturated carbocycles. The highest BCUT2D eigenvalue weighted by molar-refractivity contribution is 7.92. The molecule has 0 aromatic heterocycles. The van der Waals surface area contributed by atoms with Crippen LogP contribution < -0.4 is 4.72 Å². The number of sulfonamides is 1. The van der Waals surface area contributed by atoms with E-state index in [2.05, 4.69) is 4.72 Å². The molecule has 0 spiro atoms. The van der Waals surface area contributed by atoms with Crippen molar-refractivity contribution in [3.05, 3.63) is 59.7 Å². The molecule has 0 bridgehead atoms. The van der Waals surface area contributed by atoms with E-state index in [4.69, 9.17) is 4.74 Å². The number of aryl methyl sites for hydroxylation is 1. The Balaban J connectivity index is 1.69. The van der Waals surface area contributed by atoms with Crippen molar-refractivity contribution in [3.8, 4) is 0 Å². The number of nitrogens with zero attached hydrogens (tertiary/aromatic N) is 1. The summed E-state index contributed by atoms with van der Waals surface area (Å²) in [5.41, 5.74) is 2.04. The van der Waals surface area contributed by atoms with Crippen molar-refractivity contribution in [2.24, 2.45) is 0 Å². The molecule has 1 aliphatic heterocycles. The molecule has 0 aliphatic carbocycles. The van der Waals surface area contributed by atoms with E-state index in [-0.39, 0.29) is 16.9 Å². The summed E-state index contributed by atoms with van der Waals surface area (Å²) in [6.07, 6.45) is 1.83. The van der Waals surface area contributed by atoms with Crippen LogP contribution in [0.2, 0.25) is 0 Å². The SMILES string of the molecule is COC1CCN(C(=O)c2ccc(S(=O)(=O)Nc3ccc(C)cc3)cc2)CC1. The Morgan fingerprint density at radius 2 is 1.63 bits per heavy atom. The average molecular weight is 388 g/mol. The largest absolute Gasteiger partial charge is 0.381 e. The van der Waals surface area contributed by atoms with Crippen LogP contribution in [0, 0.1) is 6.92 Å². The molecule has 1 aliphatic rings. The lowest BCUT2D eigenvalue weighted by Crippen LogP contribution is -2.40. The maximum absolute atomic E-state index is 12.6. The van der Waals surface area contributed by atoms with E-state index in [0.29, 0.717) is 24.3 Å². The van der Waals surface area contributed by atoms with Crippen molar-refractivity contribution in [1.29, 1.82) is 0 Å². The number of nitrogens with one attached hydrogen (secondary N) is 1. The minimum absolute atomic E-state index is 0.0833. The van der Waals surface area contributed by atoms with Crippen LogP contribution in [0.5, 0.6) is 0 Å². The van der Waals surface area contributed by atoms with Gasteiger partial charge in [-0.15, -0.1) is 0 Å². The van der Waals surface area contributed by atoms with Crippen LogP contribution >= 0.6 is 0 Å². The minimum atomic E-state index is -3.70. The first-order valence-corrected chi connectivity index (χ1v) is 10.4. The first-order valence-electron chi connectivity index (χ1n) is 8.90. The molecular weight excluding hydrogens is 364 g/mol. The van der Waals surface area contributed by atoms with Gasteiger partial charge in [0.2, 0.25) is 0 Å². The second-order valence-corrected chi connectivity index (χ2v) is 8.41. The molecular formula is C20H24N2O4S. The molecule has 1 amide bonds. The van der Waals surface area contributed by atoms with E-state index in [1.807, 2.05) is 19.1 Å². The van der Waals surface area contributed by atoms with E-state index in [1.165, 1.54) is 12.1 Å². The monoisotopic (exact) mass is 388 g/mol. The van der Waals surface area contributed by atoms with Gasteiger partial charge in [-0.1, -0.05) is 17.7 Å². The third-order valence-corrected chi connectivity index (χ3v) is 6.18. The number of rotatable bonds is 5. The molecule has 0 radical (unpaired) electrons. The number of benzene rings is 2. The van der Waals surface area contributed by atoms with Crippen molar-refractivity contribution >= 4 is 21.6 Å². The van der Waals surface area contributed by atoms with Gasteiger partial charge in [0.05, 0.1) is 11.0 Å². The topological polar surface area (TPSA) is 75.7 Å². The summed E-state index contributed by atoms with van der Waals surface area (Å²) >= 11 is 0. The first kappa shape index (κ1) is 19.4. The second-order valence-electron chi connectivity index (χ2n) is 6.72. The quantitative estimate of drug-likeness (QED) is 0.854. The van der Waals surface area contributed by atoms with E-state index in [0.717, 1.165) is 18.4 Å². The Bertz CT molecular complexity index is 885. The van der Waals surface area contributed by atoms with Crippen molar-refractivity contribution in [1.82, 2.24) is 4.90 Å². The summed E-state index contributed by atoms with van der Waals surface area (Å²) < 4.78 is 32.9. The number of amides is 1. The van der Waals surface area contributed by atoms with Crippen LogP contribution in [0.15, 0.2) is 53.4 Å². The fourth-order valence-corrected chi connectivity index (χ4v) is 4.15. The highest BCUT2D eigenvalue weighted by atomic mass is 32.2. The Morgan fingerprint density at radius 3 is 2.19 bits per heavy atom. The summed E-state index contributed by atoms with van der Waals surface area (Å²) in [4.78, 5) is 14.5. The Labute approximate surface area is 160 Å². The average Bonchev–Trinajstić information content (AvgIpc) is 2.69. The van der Waals surface area contributed by atoms with Crippen LogP contribution in [0.4, 0.5) is 5.69 Å². The van der Waals surface area contributed by atoms with Gasteiger partial charge in [-0.25, -0.2) is 8.42 Å². The number of likely N-dealkylation sites (tertiary alicyclic amines) is 1. The van der Waals surface area contributed by atoms with Crippen LogP contribution in [0.3, 0.4) is 0 Å². The molecule has 3 rings (SSSR count). The van der Waals surface area contributed by atoms with Crippen LogP contribution in [0.1, 0.15) is 28.8 Å². The van der Waals surface area contributed by atoms with Crippen LogP contribution in [-0.4, -0.2) is 45.5 Å². The van der Waals surface area contributed by atoms with Crippen LogP contribution in [-0.2, 0) is 14.8 Å². The predicted molar refractivity (Wildman–Crippen MR) is 104 cm³/mol. The molecule has 6 nitrogen and oxygen atoms in total. The number of hydrogen-bond acceptors (Lipinski definition) is 4. The second kappa shape index (κ2) is 8.10. The van der Waals surface area contributed by atoms with Gasteiger partial charge in [-0.05, 0) is 56.2 Å². The number of piperidine rings is 1. The zero-order valence-corrected chi connectivity index (χ0v) is 16.3. The third-order valence-electron chi connectivity index (χ3n) is 4.78. The third kappa shape index (κ3) is 4.67. The van der Waals surface area contributed by atoms with Crippen molar-refractivity contribution < 1.29 is 17.9 Å². The van der Waals surface area contributed by atoms with E-state index < -0.39 is 10.0 Å². The van der Waals surface area contributed by atoms with Gasteiger partial charge < -0.3 is 9.64 Å². The van der Waals surface area contributed by atoms with Crippen LogP contribution in [0.25, 0.3) is 0 Å². The number of anilines is 1. The fraction of sp³-hybridized carbons (Fsp3) is 0.350. The number of carbonyl (C=O) groups excluding carboxylic acids is 1. The van der Waals surface area contributed by atoms with Gasteiger partial charge in [0, 0.05) is 31.5 Å². The lowest BCUT2D eigenvalue weighted by atomic mass is 10.1. The maximum Gasteiger partial charge on any atom is 0.261 e. The first-order chi connectivity index (χ1) is 12.9. The summed E-state index contributed by atoms with van der Waals surface area (Å²) in [5.74, 6) is -0.0833. The van der Waals surface area contributed by atoms with Gasteiger partial charge in [0.25, 0.3) is 15.9 Å². The Hall–Kier alpha value is -2.38. The summed E-state index contributed by atoms with van der Waals surface area (Å²) in [5, 5.41) is 0. The number of ether oxygens (including phenoxy) is 1. The maximum atomic E-state index is 12.6. The van der Waals surface area contributed by atoms with Crippen molar-refractivity contribution in [2.45, 2.75) is 30.8 Å². The van der Waals surface area contributed by atoms with Gasteiger partial charge in [0.15, 0.2) is 0 Å². The minimum Gasteiger partial charge on any atom is -0.381 e. The highest BCUT2D eigenvalue weighted by Gasteiger charge is 2.24. The summed E-state index contributed by atoms with van der Waals surface area (Å²) in [7, 11) is -2.01. The van der Waals surface area contributed by atoms with E-state index in [1.54, 1.807) is 36.3 Å². The molecule has 144 valence electrons. The molecule has 2 aromatic rings. The molecule has 1 heterocycles. The standard InChI is InChI=1S/C20H24N2O4S/c1-15-3-7-17(8-4-15)21-27(24,25)19-9-5-16(6-10-19)20(23)22-13-11-18(26-2)12-14-22/h3-10,18,21H,11-14H2,1-2H3. The number of carbonyl (C=O) groups is 1. The normalized spacial score (nSPS) is 15.6. The Kier molecular flexibility index (Phi) is 5.82. The lowest BCUT2D eigenvalue weighted by Gasteiger charge is -2.31. The van der Waals surface area contributed by atoms with Crippen molar-refractivity contribution in [3.63, 3.8) is 0 Å². The van der Waals surface area contributed by atoms with Gasteiger partial charge in [0.1, 0.15) is 0 Å². The zero-order chi connectivity index (χ0) is 19.4. The van der Waals surface area contributed by atoms with E-state index in [9.17, 15) is 13.2 Å². The van der Waals surface area contributed by atoms with Gasteiger partial charge >= 0.3 is 0 Å². The molecule has 1 N–H and O–H groups in total. The van der Waals surface area contributed by atoms with Crippen molar-refractivity contribution in [2.75, 3.05) is 24.9 Å². The van der Waals surface area contributed by atoms with Gasteiger partial charge in [-0.2, -0.15) is 0 Å². The molecule has 1 saturated heterocycles. The molecule has 27 heavy (non-hydrogen) atoms. The van der Waals surface area contributed by atoms with Gasteiger partial charge in [-0.3, -0.25) is 9.52 Å². The molecule has 0 atom stereocenters. The number of hydrogen-bond donors (Lipinski definition) is 1. The smallest absolute Gasteiger partial charge is 0.261 e.